The lowest BCUT2D eigenvalue weighted by Gasteiger charge is -1.92. The number of aromatic amines is 1. The maximum Gasteiger partial charge on any atom is 0.354 e. The Hall–Kier alpha value is -2.11. The summed E-state index contributed by atoms with van der Waals surface area (Å²) in [5.41, 5.74) is 2.25. The molecule has 6 heteroatoms. The average Bonchev–Trinajstić information content (AvgIpc) is 2.71. The SMILES string of the molecule is Cc1[nH]cnc1-c1cc(C(=O)O)n(C)n1. The lowest BCUT2D eigenvalue weighted by atomic mass is 10.2. The van der Waals surface area contributed by atoms with Gasteiger partial charge in [0.05, 0.1) is 6.33 Å². The van der Waals surface area contributed by atoms with Crippen LogP contribution in [0.2, 0.25) is 0 Å². The summed E-state index contributed by atoms with van der Waals surface area (Å²) < 4.78 is 1.33. The number of aromatic nitrogens is 4. The summed E-state index contributed by atoms with van der Waals surface area (Å²) in [6.07, 6.45) is 1.56. The Labute approximate surface area is 85.6 Å². The first-order chi connectivity index (χ1) is 7.09. The molecule has 2 N–H and O–H groups in total. The molecular weight excluding hydrogens is 196 g/mol. The molecule has 0 aliphatic heterocycles. The Bertz CT molecular complexity index is 512. The van der Waals surface area contributed by atoms with Gasteiger partial charge in [0, 0.05) is 18.8 Å². The van der Waals surface area contributed by atoms with Gasteiger partial charge < -0.3 is 10.1 Å². The van der Waals surface area contributed by atoms with E-state index in [9.17, 15) is 4.79 Å². The van der Waals surface area contributed by atoms with Gasteiger partial charge in [-0.25, -0.2) is 9.78 Å². The van der Waals surface area contributed by atoms with Crippen LogP contribution in [-0.2, 0) is 7.05 Å². The van der Waals surface area contributed by atoms with Crippen molar-refractivity contribution in [1.82, 2.24) is 19.7 Å². The fourth-order valence-corrected chi connectivity index (χ4v) is 1.40. The molecule has 0 unspecified atom stereocenters. The molecule has 0 amide bonds. The van der Waals surface area contributed by atoms with E-state index in [2.05, 4.69) is 15.1 Å². The van der Waals surface area contributed by atoms with Gasteiger partial charge in [0.1, 0.15) is 17.1 Å². The highest BCUT2D eigenvalue weighted by atomic mass is 16.4. The van der Waals surface area contributed by atoms with E-state index in [-0.39, 0.29) is 5.69 Å². The van der Waals surface area contributed by atoms with Crippen LogP contribution in [0.3, 0.4) is 0 Å². The molecule has 0 fully saturated rings. The second-order valence-corrected chi connectivity index (χ2v) is 3.22. The van der Waals surface area contributed by atoms with E-state index < -0.39 is 5.97 Å². The number of H-pyrrole nitrogens is 1. The maximum atomic E-state index is 10.8. The molecule has 2 aromatic rings. The molecular formula is C9H10N4O2. The Morgan fingerprint density at radius 2 is 2.33 bits per heavy atom. The van der Waals surface area contributed by atoms with E-state index in [0.717, 1.165) is 5.69 Å². The number of carboxylic acids is 1. The smallest absolute Gasteiger partial charge is 0.354 e. The number of carboxylic acid groups (broad SMARTS) is 1. The molecule has 0 aromatic carbocycles. The Kier molecular flexibility index (Phi) is 2.03. The molecule has 0 atom stereocenters. The van der Waals surface area contributed by atoms with Gasteiger partial charge >= 0.3 is 5.97 Å². The monoisotopic (exact) mass is 206 g/mol. The Balaban J connectivity index is 2.52. The van der Waals surface area contributed by atoms with Crippen molar-refractivity contribution in [1.29, 1.82) is 0 Å². The highest BCUT2D eigenvalue weighted by molar-refractivity contribution is 5.87. The van der Waals surface area contributed by atoms with Crippen LogP contribution in [0.25, 0.3) is 11.4 Å². The van der Waals surface area contributed by atoms with Crippen LogP contribution in [0.1, 0.15) is 16.2 Å². The highest BCUT2D eigenvalue weighted by Crippen LogP contribution is 2.18. The number of aryl methyl sites for hydroxylation is 2. The van der Waals surface area contributed by atoms with Crippen molar-refractivity contribution in [2.24, 2.45) is 7.05 Å². The fraction of sp³-hybridized carbons (Fsp3) is 0.222. The molecule has 15 heavy (non-hydrogen) atoms. The summed E-state index contributed by atoms with van der Waals surface area (Å²) in [6, 6.07) is 1.51. The fourth-order valence-electron chi connectivity index (χ4n) is 1.40. The van der Waals surface area contributed by atoms with Crippen molar-refractivity contribution in [3.8, 4) is 11.4 Å². The maximum absolute atomic E-state index is 10.8. The molecule has 0 bridgehead atoms. The van der Waals surface area contributed by atoms with Crippen molar-refractivity contribution in [3.63, 3.8) is 0 Å². The normalized spacial score (nSPS) is 10.5. The zero-order valence-electron chi connectivity index (χ0n) is 8.35. The lowest BCUT2D eigenvalue weighted by Crippen LogP contribution is -2.04. The first-order valence-electron chi connectivity index (χ1n) is 4.37. The van der Waals surface area contributed by atoms with Crippen molar-refractivity contribution in [2.75, 3.05) is 0 Å². The Morgan fingerprint density at radius 3 is 2.80 bits per heavy atom. The number of nitrogens with zero attached hydrogens (tertiary/aromatic N) is 3. The van der Waals surface area contributed by atoms with Crippen molar-refractivity contribution in [2.45, 2.75) is 6.92 Å². The summed E-state index contributed by atoms with van der Waals surface area (Å²) in [5, 5.41) is 12.9. The quantitative estimate of drug-likeness (QED) is 0.761. The summed E-state index contributed by atoms with van der Waals surface area (Å²) in [5.74, 6) is -0.996. The van der Waals surface area contributed by atoms with Gasteiger partial charge in [0.25, 0.3) is 0 Å². The molecule has 0 saturated carbocycles. The number of carbonyl (C=O) groups is 1. The Morgan fingerprint density at radius 1 is 1.60 bits per heavy atom. The van der Waals surface area contributed by atoms with E-state index >= 15 is 0 Å². The van der Waals surface area contributed by atoms with E-state index in [1.54, 1.807) is 13.4 Å². The third-order valence-electron chi connectivity index (χ3n) is 2.17. The topological polar surface area (TPSA) is 83.8 Å². The average molecular weight is 206 g/mol. The molecule has 0 saturated heterocycles. The van der Waals surface area contributed by atoms with Gasteiger partial charge in [0.2, 0.25) is 0 Å². The number of hydrogen-bond donors (Lipinski definition) is 2. The van der Waals surface area contributed by atoms with Gasteiger partial charge in [-0.3, -0.25) is 4.68 Å². The standard InChI is InChI=1S/C9H10N4O2/c1-5-8(11-4-10-5)6-3-7(9(14)15)13(2)12-6/h3-4H,1-2H3,(H,10,11)(H,14,15). The van der Waals surface area contributed by atoms with Crippen LogP contribution in [0.15, 0.2) is 12.4 Å². The highest BCUT2D eigenvalue weighted by Gasteiger charge is 2.15. The van der Waals surface area contributed by atoms with Crippen molar-refractivity contribution < 1.29 is 9.90 Å². The molecule has 2 aromatic heterocycles. The third kappa shape index (κ3) is 1.50. The van der Waals surface area contributed by atoms with Crippen LogP contribution in [-0.4, -0.2) is 30.8 Å². The second kappa shape index (κ2) is 3.23. The van der Waals surface area contributed by atoms with Crippen LogP contribution >= 0.6 is 0 Å². The van der Waals surface area contributed by atoms with E-state index in [1.807, 2.05) is 6.92 Å². The lowest BCUT2D eigenvalue weighted by molar-refractivity contribution is 0.0685. The van der Waals surface area contributed by atoms with Gasteiger partial charge in [-0.15, -0.1) is 0 Å². The van der Waals surface area contributed by atoms with Crippen LogP contribution < -0.4 is 0 Å². The van der Waals surface area contributed by atoms with Gasteiger partial charge in [-0.2, -0.15) is 5.10 Å². The molecule has 0 radical (unpaired) electrons. The van der Waals surface area contributed by atoms with Crippen LogP contribution in [0.5, 0.6) is 0 Å². The minimum atomic E-state index is -0.996. The largest absolute Gasteiger partial charge is 0.477 e. The number of aromatic carboxylic acids is 1. The number of nitrogens with one attached hydrogen (secondary N) is 1. The summed E-state index contributed by atoms with van der Waals surface area (Å²) in [4.78, 5) is 17.8. The van der Waals surface area contributed by atoms with Gasteiger partial charge in [-0.05, 0) is 6.92 Å². The summed E-state index contributed by atoms with van der Waals surface area (Å²) in [7, 11) is 1.59. The summed E-state index contributed by atoms with van der Waals surface area (Å²) >= 11 is 0. The van der Waals surface area contributed by atoms with Crippen molar-refractivity contribution >= 4 is 5.97 Å². The van der Waals surface area contributed by atoms with E-state index in [1.165, 1.54) is 10.7 Å². The molecule has 2 heterocycles. The third-order valence-corrected chi connectivity index (χ3v) is 2.17. The molecule has 0 aliphatic rings. The second-order valence-electron chi connectivity index (χ2n) is 3.22. The minimum absolute atomic E-state index is 0.146. The molecule has 2 rings (SSSR count). The number of imidazole rings is 1. The molecule has 78 valence electrons. The van der Waals surface area contributed by atoms with Crippen LogP contribution in [0, 0.1) is 6.92 Å². The predicted octanol–water partition coefficient (Wildman–Crippen LogP) is 0.817. The predicted molar refractivity (Wildman–Crippen MR) is 52.5 cm³/mol. The minimum Gasteiger partial charge on any atom is -0.477 e. The van der Waals surface area contributed by atoms with Crippen LogP contribution in [0.4, 0.5) is 0 Å². The van der Waals surface area contributed by atoms with Gasteiger partial charge in [-0.1, -0.05) is 0 Å². The summed E-state index contributed by atoms with van der Waals surface area (Å²) in [6.45, 7) is 1.86. The molecule has 0 aliphatic carbocycles. The van der Waals surface area contributed by atoms with Gasteiger partial charge in [0.15, 0.2) is 0 Å². The van der Waals surface area contributed by atoms with E-state index in [4.69, 9.17) is 5.11 Å². The van der Waals surface area contributed by atoms with E-state index in [0.29, 0.717) is 11.4 Å². The number of rotatable bonds is 2. The number of hydrogen-bond acceptors (Lipinski definition) is 3. The first kappa shape index (κ1) is 9.45. The molecule has 6 nitrogen and oxygen atoms in total. The van der Waals surface area contributed by atoms with Crippen molar-refractivity contribution in [3.05, 3.63) is 23.8 Å². The molecule has 0 spiro atoms. The zero-order valence-corrected chi connectivity index (χ0v) is 8.35. The first-order valence-corrected chi connectivity index (χ1v) is 4.37. The zero-order chi connectivity index (χ0) is 11.0.